The smallest absolute Gasteiger partial charge is 0.319 e. The van der Waals surface area contributed by atoms with E-state index in [1.54, 1.807) is 0 Å². The van der Waals surface area contributed by atoms with Crippen LogP contribution in [-0.4, -0.2) is 10.6 Å². The maximum absolute atomic E-state index is 12.2. The summed E-state index contributed by atoms with van der Waals surface area (Å²) in [5.74, 6) is 0. The first-order chi connectivity index (χ1) is 12.9. The fourth-order valence-corrected chi connectivity index (χ4v) is 3.38. The lowest BCUT2D eigenvalue weighted by Crippen LogP contribution is -2.29. The molecule has 1 aromatic heterocycles. The van der Waals surface area contributed by atoms with Crippen LogP contribution in [0.2, 0.25) is 0 Å². The van der Waals surface area contributed by atoms with Crippen molar-refractivity contribution in [1.29, 1.82) is 0 Å². The number of amides is 2. The third kappa shape index (κ3) is 4.79. The minimum absolute atomic E-state index is 0.200. The minimum Gasteiger partial charge on any atom is -0.345 e. The van der Waals surface area contributed by atoms with E-state index in [0.29, 0.717) is 6.54 Å². The van der Waals surface area contributed by atoms with E-state index in [0.717, 1.165) is 17.9 Å². The molecular formula is C23H27N3O. The van der Waals surface area contributed by atoms with Crippen molar-refractivity contribution in [2.24, 2.45) is 0 Å². The summed E-state index contributed by atoms with van der Waals surface area (Å²) in [7, 11) is 0. The molecule has 0 atom stereocenters. The minimum atomic E-state index is -0.200. The predicted octanol–water partition coefficient (Wildman–Crippen LogP) is 5.09. The summed E-state index contributed by atoms with van der Waals surface area (Å²) in [6.07, 6.45) is 2.06. The van der Waals surface area contributed by atoms with Gasteiger partial charge in [0.2, 0.25) is 0 Å². The maximum Gasteiger partial charge on any atom is 0.319 e. The average molecular weight is 361 g/mol. The zero-order valence-electron chi connectivity index (χ0n) is 16.5. The molecule has 0 radical (unpaired) electrons. The zero-order chi connectivity index (χ0) is 19.4. The van der Waals surface area contributed by atoms with E-state index in [1.165, 1.54) is 27.8 Å². The van der Waals surface area contributed by atoms with Gasteiger partial charge in [0.05, 0.1) is 6.54 Å². The summed E-state index contributed by atoms with van der Waals surface area (Å²) >= 11 is 0. The van der Waals surface area contributed by atoms with Crippen LogP contribution < -0.4 is 10.6 Å². The molecule has 140 valence electrons. The Balaban J connectivity index is 1.64. The largest absolute Gasteiger partial charge is 0.345 e. The van der Waals surface area contributed by atoms with Gasteiger partial charge in [-0.3, -0.25) is 0 Å². The summed E-state index contributed by atoms with van der Waals surface area (Å²) in [4.78, 5) is 12.2. The Bertz CT molecular complexity index is 916. The van der Waals surface area contributed by atoms with E-state index in [1.807, 2.05) is 43.3 Å². The summed E-state index contributed by atoms with van der Waals surface area (Å²) < 4.78 is 2.19. The van der Waals surface area contributed by atoms with Crippen LogP contribution in [0, 0.1) is 27.7 Å². The molecule has 2 aromatic carbocycles. The van der Waals surface area contributed by atoms with Crippen LogP contribution in [0.15, 0.2) is 54.7 Å². The van der Waals surface area contributed by atoms with Crippen molar-refractivity contribution in [3.63, 3.8) is 0 Å². The summed E-state index contributed by atoms with van der Waals surface area (Å²) in [5, 5.41) is 5.81. The quantitative estimate of drug-likeness (QED) is 0.653. The molecule has 0 aliphatic carbocycles. The number of aromatic nitrogens is 1. The Morgan fingerprint density at radius 2 is 1.59 bits per heavy atom. The van der Waals surface area contributed by atoms with Crippen LogP contribution >= 0.6 is 0 Å². The summed E-state index contributed by atoms with van der Waals surface area (Å²) in [5.41, 5.74) is 8.26. The average Bonchev–Trinajstić information content (AvgIpc) is 3.05. The van der Waals surface area contributed by atoms with Gasteiger partial charge >= 0.3 is 6.03 Å². The number of carbonyl (C=O) groups is 1. The van der Waals surface area contributed by atoms with Crippen molar-refractivity contribution >= 4 is 11.7 Å². The van der Waals surface area contributed by atoms with E-state index >= 15 is 0 Å². The van der Waals surface area contributed by atoms with Gasteiger partial charge in [-0.15, -0.1) is 0 Å². The second-order valence-corrected chi connectivity index (χ2v) is 7.18. The third-order valence-electron chi connectivity index (χ3n) is 4.83. The Labute approximate surface area is 161 Å². The Kier molecular flexibility index (Phi) is 5.65. The third-order valence-corrected chi connectivity index (χ3v) is 4.83. The van der Waals surface area contributed by atoms with Gasteiger partial charge in [-0.25, -0.2) is 4.79 Å². The first-order valence-corrected chi connectivity index (χ1v) is 9.24. The molecule has 0 saturated heterocycles. The highest BCUT2D eigenvalue weighted by molar-refractivity contribution is 5.89. The molecule has 0 saturated carbocycles. The van der Waals surface area contributed by atoms with E-state index in [4.69, 9.17) is 0 Å². The molecular weight excluding hydrogens is 334 g/mol. The molecule has 0 unspecified atom stereocenters. The van der Waals surface area contributed by atoms with Gasteiger partial charge in [-0.1, -0.05) is 35.4 Å². The fraction of sp³-hybridized carbons (Fsp3) is 0.261. The number of urea groups is 1. The number of hydrogen-bond donors (Lipinski definition) is 2. The molecule has 1 heterocycles. The van der Waals surface area contributed by atoms with Gasteiger partial charge in [0, 0.05) is 24.1 Å². The highest BCUT2D eigenvalue weighted by Crippen LogP contribution is 2.19. The van der Waals surface area contributed by atoms with Crippen molar-refractivity contribution in [2.45, 2.75) is 40.8 Å². The van der Waals surface area contributed by atoms with Gasteiger partial charge in [-0.05, 0) is 68.7 Å². The first-order valence-electron chi connectivity index (χ1n) is 9.24. The Hall–Kier alpha value is -3.01. The van der Waals surface area contributed by atoms with Crippen LogP contribution in [-0.2, 0) is 13.1 Å². The highest BCUT2D eigenvalue weighted by atomic mass is 16.2. The molecule has 27 heavy (non-hydrogen) atoms. The van der Waals surface area contributed by atoms with Gasteiger partial charge in [0.15, 0.2) is 0 Å². The summed E-state index contributed by atoms with van der Waals surface area (Å²) in [6.45, 7) is 9.75. The molecule has 3 rings (SSSR count). The summed E-state index contributed by atoms with van der Waals surface area (Å²) in [6, 6.07) is 16.1. The first kappa shape index (κ1) is 18.8. The standard InChI is InChI=1S/C23H27N3O/c1-16-7-9-20(10-8-16)25-23(27)24-14-21-6-5-11-26(21)15-22-18(3)12-17(2)13-19(22)4/h5-13H,14-15H2,1-4H3,(H2,24,25,27). The number of aryl methyl sites for hydroxylation is 4. The number of nitrogens with one attached hydrogen (secondary N) is 2. The maximum atomic E-state index is 12.2. The molecule has 0 fully saturated rings. The van der Waals surface area contributed by atoms with Crippen molar-refractivity contribution in [1.82, 2.24) is 9.88 Å². The number of hydrogen-bond acceptors (Lipinski definition) is 1. The van der Waals surface area contributed by atoms with Crippen molar-refractivity contribution in [3.05, 3.63) is 88.2 Å². The normalized spacial score (nSPS) is 10.7. The SMILES string of the molecule is Cc1ccc(NC(=O)NCc2cccn2Cc2c(C)cc(C)cc2C)cc1. The molecule has 0 bridgehead atoms. The number of nitrogens with zero attached hydrogens (tertiary/aromatic N) is 1. The van der Waals surface area contributed by atoms with Gasteiger partial charge in [-0.2, -0.15) is 0 Å². The Morgan fingerprint density at radius 3 is 2.26 bits per heavy atom. The second-order valence-electron chi connectivity index (χ2n) is 7.18. The highest BCUT2D eigenvalue weighted by Gasteiger charge is 2.09. The lowest BCUT2D eigenvalue weighted by atomic mass is 10.00. The molecule has 3 aromatic rings. The molecule has 4 heteroatoms. The monoisotopic (exact) mass is 361 g/mol. The van der Waals surface area contributed by atoms with Crippen LogP contribution in [0.3, 0.4) is 0 Å². The van der Waals surface area contributed by atoms with E-state index < -0.39 is 0 Å². The number of carbonyl (C=O) groups excluding carboxylic acids is 1. The zero-order valence-corrected chi connectivity index (χ0v) is 16.5. The Morgan fingerprint density at radius 1 is 0.926 bits per heavy atom. The topological polar surface area (TPSA) is 46.1 Å². The van der Waals surface area contributed by atoms with Crippen molar-refractivity contribution in [2.75, 3.05) is 5.32 Å². The molecule has 0 spiro atoms. The van der Waals surface area contributed by atoms with Gasteiger partial charge < -0.3 is 15.2 Å². The van der Waals surface area contributed by atoms with Crippen molar-refractivity contribution < 1.29 is 4.79 Å². The van der Waals surface area contributed by atoms with E-state index in [-0.39, 0.29) is 6.03 Å². The van der Waals surface area contributed by atoms with Gasteiger partial charge in [0.1, 0.15) is 0 Å². The van der Waals surface area contributed by atoms with E-state index in [2.05, 4.69) is 54.3 Å². The number of anilines is 1. The molecule has 0 aliphatic rings. The van der Waals surface area contributed by atoms with Crippen LogP contribution in [0.25, 0.3) is 0 Å². The van der Waals surface area contributed by atoms with Crippen LogP contribution in [0.4, 0.5) is 10.5 Å². The molecule has 0 aliphatic heterocycles. The fourth-order valence-electron chi connectivity index (χ4n) is 3.38. The lowest BCUT2D eigenvalue weighted by Gasteiger charge is -2.15. The lowest BCUT2D eigenvalue weighted by molar-refractivity contribution is 0.251. The van der Waals surface area contributed by atoms with Gasteiger partial charge in [0.25, 0.3) is 0 Å². The number of benzene rings is 2. The second kappa shape index (κ2) is 8.12. The molecule has 2 amide bonds. The van der Waals surface area contributed by atoms with Crippen LogP contribution in [0.1, 0.15) is 33.5 Å². The van der Waals surface area contributed by atoms with Crippen LogP contribution in [0.5, 0.6) is 0 Å². The van der Waals surface area contributed by atoms with E-state index in [9.17, 15) is 4.79 Å². The molecule has 2 N–H and O–H groups in total. The molecule has 4 nitrogen and oxygen atoms in total. The van der Waals surface area contributed by atoms with Crippen molar-refractivity contribution in [3.8, 4) is 0 Å². The number of rotatable bonds is 5. The predicted molar refractivity (Wildman–Crippen MR) is 111 cm³/mol.